The number of hydrogen-bond acceptors (Lipinski definition) is 1. The Bertz CT molecular complexity index is 480. The predicted octanol–water partition coefficient (Wildman–Crippen LogP) is 5.83. The molecule has 2 aromatic carbocycles. The van der Waals surface area contributed by atoms with Crippen molar-refractivity contribution in [2.45, 2.75) is 20.8 Å². The summed E-state index contributed by atoms with van der Waals surface area (Å²) in [7, 11) is 1.67. The minimum atomic E-state index is 0.895. The highest BCUT2D eigenvalue weighted by molar-refractivity contribution is 9.10. The number of methoxy groups -OCH3 is 1. The van der Waals surface area contributed by atoms with Gasteiger partial charge in [0.1, 0.15) is 5.75 Å². The van der Waals surface area contributed by atoms with Crippen LogP contribution < -0.4 is 4.74 Å². The fourth-order valence-electron chi connectivity index (χ4n) is 1.74. The van der Waals surface area contributed by atoms with Gasteiger partial charge in [0.15, 0.2) is 0 Å². The molecule has 0 heterocycles. The molecule has 0 aliphatic carbocycles. The molecular formula is C16H18Br2O. The van der Waals surface area contributed by atoms with E-state index in [1.807, 2.05) is 25.1 Å². The molecule has 0 bridgehead atoms. The number of ether oxygens (including phenoxy) is 1. The van der Waals surface area contributed by atoms with Gasteiger partial charge in [-0.3, -0.25) is 0 Å². The highest BCUT2D eigenvalue weighted by atomic mass is 79.9. The van der Waals surface area contributed by atoms with Crippen LogP contribution in [-0.4, -0.2) is 7.11 Å². The SMILES string of the molecule is COc1cc(C)cc(Br)c1.Cc1cc(C)cc(Br)c1. The van der Waals surface area contributed by atoms with Crippen LogP contribution in [0.1, 0.15) is 16.7 Å². The molecule has 0 atom stereocenters. The summed E-state index contributed by atoms with van der Waals surface area (Å²) < 4.78 is 7.27. The second-order valence-corrected chi connectivity index (χ2v) is 6.31. The molecule has 0 saturated heterocycles. The van der Waals surface area contributed by atoms with Crippen molar-refractivity contribution >= 4 is 31.9 Å². The Morgan fingerprint density at radius 2 is 1.11 bits per heavy atom. The molecule has 19 heavy (non-hydrogen) atoms. The van der Waals surface area contributed by atoms with Crippen molar-refractivity contribution < 1.29 is 4.74 Å². The van der Waals surface area contributed by atoms with E-state index < -0.39 is 0 Å². The Kier molecular flexibility index (Phi) is 6.59. The third-order valence-corrected chi connectivity index (χ3v) is 3.35. The Morgan fingerprint density at radius 1 is 0.684 bits per heavy atom. The highest BCUT2D eigenvalue weighted by Crippen LogP contribution is 2.20. The van der Waals surface area contributed by atoms with Crippen molar-refractivity contribution in [3.63, 3.8) is 0 Å². The normalized spacial score (nSPS) is 9.58. The van der Waals surface area contributed by atoms with Gasteiger partial charge >= 0.3 is 0 Å². The van der Waals surface area contributed by atoms with Crippen LogP contribution in [-0.2, 0) is 0 Å². The molecule has 0 radical (unpaired) electrons. The monoisotopic (exact) mass is 384 g/mol. The molecule has 0 aromatic heterocycles. The first-order valence-corrected chi connectivity index (χ1v) is 7.54. The van der Waals surface area contributed by atoms with Crippen molar-refractivity contribution in [1.29, 1.82) is 0 Å². The van der Waals surface area contributed by atoms with E-state index in [1.54, 1.807) is 7.11 Å². The summed E-state index contributed by atoms with van der Waals surface area (Å²) in [4.78, 5) is 0. The summed E-state index contributed by atoms with van der Waals surface area (Å²) in [6.45, 7) is 6.22. The molecule has 0 N–H and O–H groups in total. The minimum Gasteiger partial charge on any atom is -0.497 e. The van der Waals surface area contributed by atoms with E-state index in [2.05, 4.69) is 63.9 Å². The number of rotatable bonds is 1. The van der Waals surface area contributed by atoms with Crippen molar-refractivity contribution in [2.24, 2.45) is 0 Å². The van der Waals surface area contributed by atoms with E-state index in [9.17, 15) is 0 Å². The Balaban J connectivity index is 0.000000191. The van der Waals surface area contributed by atoms with Gasteiger partial charge in [0, 0.05) is 8.95 Å². The second-order valence-electron chi connectivity index (χ2n) is 4.47. The smallest absolute Gasteiger partial charge is 0.120 e. The predicted molar refractivity (Wildman–Crippen MR) is 89.0 cm³/mol. The number of hydrogen-bond donors (Lipinski definition) is 0. The average molecular weight is 386 g/mol. The standard InChI is InChI=1S/C8H9BrO.C8H9Br/c1-6-3-7(9)5-8(4-6)10-2;1-6-3-7(2)5-8(9)4-6/h3-5H,1-2H3;3-5H,1-2H3. The zero-order valence-corrected chi connectivity index (χ0v) is 14.8. The molecule has 2 rings (SSSR count). The molecule has 0 saturated carbocycles. The van der Waals surface area contributed by atoms with E-state index in [0.29, 0.717) is 0 Å². The van der Waals surface area contributed by atoms with Crippen LogP contribution in [0.3, 0.4) is 0 Å². The molecule has 102 valence electrons. The van der Waals surface area contributed by atoms with E-state index in [-0.39, 0.29) is 0 Å². The number of benzene rings is 2. The first-order chi connectivity index (χ1) is 8.90. The molecule has 2 aromatic rings. The third kappa shape index (κ3) is 6.26. The lowest BCUT2D eigenvalue weighted by atomic mass is 10.2. The van der Waals surface area contributed by atoms with Crippen LogP contribution in [0.4, 0.5) is 0 Å². The van der Waals surface area contributed by atoms with Gasteiger partial charge in [-0.25, -0.2) is 0 Å². The Morgan fingerprint density at radius 3 is 1.47 bits per heavy atom. The molecular weight excluding hydrogens is 368 g/mol. The van der Waals surface area contributed by atoms with Crippen LogP contribution in [0.2, 0.25) is 0 Å². The zero-order valence-electron chi connectivity index (χ0n) is 11.6. The molecule has 0 fully saturated rings. The van der Waals surface area contributed by atoms with Crippen molar-refractivity contribution in [3.8, 4) is 5.75 Å². The average Bonchev–Trinajstić information content (AvgIpc) is 2.26. The van der Waals surface area contributed by atoms with Gasteiger partial charge in [-0.1, -0.05) is 37.9 Å². The topological polar surface area (TPSA) is 9.23 Å². The minimum absolute atomic E-state index is 0.895. The van der Waals surface area contributed by atoms with Gasteiger partial charge in [-0.05, 0) is 67.8 Å². The molecule has 0 aliphatic rings. The van der Waals surface area contributed by atoms with Crippen LogP contribution in [0.15, 0.2) is 45.3 Å². The maximum Gasteiger partial charge on any atom is 0.120 e. The maximum atomic E-state index is 5.05. The first kappa shape index (κ1) is 16.3. The van der Waals surface area contributed by atoms with Gasteiger partial charge in [0.25, 0.3) is 0 Å². The fourth-order valence-corrected chi connectivity index (χ4v) is 3.05. The molecule has 0 aliphatic heterocycles. The quantitative estimate of drug-likeness (QED) is 0.599. The lowest BCUT2D eigenvalue weighted by Crippen LogP contribution is -1.82. The summed E-state index contributed by atoms with van der Waals surface area (Å²) in [5, 5.41) is 0. The second kappa shape index (κ2) is 7.71. The lowest BCUT2D eigenvalue weighted by molar-refractivity contribution is 0.414. The third-order valence-electron chi connectivity index (χ3n) is 2.44. The fraction of sp³-hybridized carbons (Fsp3) is 0.250. The van der Waals surface area contributed by atoms with Crippen LogP contribution in [0, 0.1) is 20.8 Å². The summed E-state index contributed by atoms with van der Waals surface area (Å²) >= 11 is 6.79. The van der Waals surface area contributed by atoms with Crippen LogP contribution in [0.25, 0.3) is 0 Å². The van der Waals surface area contributed by atoms with Crippen molar-refractivity contribution in [2.75, 3.05) is 7.11 Å². The van der Waals surface area contributed by atoms with Gasteiger partial charge in [0.2, 0.25) is 0 Å². The summed E-state index contributed by atoms with van der Waals surface area (Å²) in [6.07, 6.45) is 0. The molecule has 1 nitrogen and oxygen atoms in total. The number of halogens is 2. The van der Waals surface area contributed by atoms with E-state index in [0.717, 1.165) is 10.2 Å². The highest BCUT2D eigenvalue weighted by Gasteiger charge is 1.93. The van der Waals surface area contributed by atoms with E-state index in [1.165, 1.54) is 21.2 Å². The van der Waals surface area contributed by atoms with E-state index in [4.69, 9.17) is 4.74 Å². The molecule has 0 unspecified atom stereocenters. The maximum absolute atomic E-state index is 5.05. The van der Waals surface area contributed by atoms with Gasteiger partial charge < -0.3 is 4.74 Å². The van der Waals surface area contributed by atoms with Crippen LogP contribution >= 0.6 is 31.9 Å². The molecule has 0 amide bonds. The summed E-state index contributed by atoms with van der Waals surface area (Å²) in [5.41, 5.74) is 3.81. The molecule has 3 heteroatoms. The Hall–Kier alpha value is -0.800. The number of aryl methyl sites for hydroxylation is 3. The lowest BCUT2D eigenvalue weighted by Gasteiger charge is -2.00. The Labute approximate surface area is 132 Å². The summed E-state index contributed by atoms with van der Waals surface area (Å²) in [5.74, 6) is 0.895. The van der Waals surface area contributed by atoms with E-state index >= 15 is 0 Å². The van der Waals surface area contributed by atoms with Crippen LogP contribution in [0.5, 0.6) is 5.75 Å². The van der Waals surface area contributed by atoms with Crippen molar-refractivity contribution in [3.05, 3.63) is 62.0 Å². The zero-order chi connectivity index (χ0) is 14.4. The van der Waals surface area contributed by atoms with Gasteiger partial charge in [-0.2, -0.15) is 0 Å². The summed E-state index contributed by atoms with van der Waals surface area (Å²) in [6, 6.07) is 12.3. The molecule has 0 spiro atoms. The van der Waals surface area contributed by atoms with Gasteiger partial charge in [0.05, 0.1) is 7.11 Å². The first-order valence-electron chi connectivity index (χ1n) is 5.95. The largest absolute Gasteiger partial charge is 0.497 e. The van der Waals surface area contributed by atoms with Crippen molar-refractivity contribution in [1.82, 2.24) is 0 Å². The van der Waals surface area contributed by atoms with Gasteiger partial charge in [-0.15, -0.1) is 0 Å².